The first-order valence-electron chi connectivity index (χ1n) is 3.57. The van der Waals surface area contributed by atoms with Crippen molar-refractivity contribution in [1.82, 2.24) is 0 Å². The average Bonchev–Trinajstić information content (AvgIpc) is 1.78. The fraction of sp³-hybridized carbons (Fsp3) is 1.00. The Morgan fingerprint density at radius 2 is 1.89 bits per heavy atom. The molecule has 0 aromatic rings. The molecule has 3 N–H and O–H groups in total. The summed E-state index contributed by atoms with van der Waals surface area (Å²) in [6.07, 6.45) is 3.61. The van der Waals surface area contributed by atoms with Crippen LogP contribution in [0.5, 0.6) is 0 Å². The van der Waals surface area contributed by atoms with Crippen molar-refractivity contribution < 1.29 is 5.11 Å². The van der Waals surface area contributed by atoms with Crippen LogP contribution in [0.25, 0.3) is 0 Å². The second-order valence-electron chi connectivity index (χ2n) is 3.39. The van der Waals surface area contributed by atoms with Crippen LogP contribution in [-0.2, 0) is 0 Å². The van der Waals surface area contributed by atoms with Gasteiger partial charge in [0.15, 0.2) is 0 Å². The lowest BCUT2D eigenvalue weighted by Crippen LogP contribution is -2.41. The maximum absolute atomic E-state index is 9.09. The van der Waals surface area contributed by atoms with E-state index in [1.54, 1.807) is 0 Å². The molecule has 0 radical (unpaired) electrons. The lowest BCUT2D eigenvalue weighted by molar-refractivity contribution is 0.102. The lowest BCUT2D eigenvalue weighted by atomic mass is 9.83. The zero-order chi connectivity index (χ0) is 6.91. The normalized spacial score (nSPS) is 45.0. The Morgan fingerprint density at radius 3 is 2.22 bits per heavy atom. The second-order valence-corrected chi connectivity index (χ2v) is 3.39. The van der Waals surface area contributed by atoms with Crippen molar-refractivity contribution in [2.75, 3.05) is 0 Å². The largest absolute Gasteiger partial charge is 0.393 e. The summed E-state index contributed by atoms with van der Waals surface area (Å²) in [6.45, 7) is 2.05. The first kappa shape index (κ1) is 7.03. The highest BCUT2D eigenvalue weighted by Crippen LogP contribution is 2.25. The molecule has 0 aromatic heterocycles. The average molecular weight is 129 g/mol. The molecule has 0 saturated heterocycles. The number of nitrogens with two attached hydrogens (primary N) is 1. The van der Waals surface area contributed by atoms with Crippen LogP contribution in [0.2, 0.25) is 0 Å². The van der Waals surface area contributed by atoms with Crippen molar-refractivity contribution in [3.63, 3.8) is 0 Å². The smallest absolute Gasteiger partial charge is 0.0541 e. The first-order chi connectivity index (χ1) is 4.10. The zero-order valence-electron chi connectivity index (χ0n) is 5.93. The number of rotatable bonds is 0. The number of hydrogen-bond acceptors (Lipinski definition) is 2. The first-order valence-corrected chi connectivity index (χ1v) is 3.57. The SMILES string of the molecule is C[C@]1(N)CC[C@H](O)CC1. The van der Waals surface area contributed by atoms with E-state index in [9.17, 15) is 0 Å². The van der Waals surface area contributed by atoms with Crippen molar-refractivity contribution in [1.29, 1.82) is 0 Å². The van der Waals surface area contributed by atoms with Crippen LogP contribution in [0.15, 0.2) is 0 Å². The minimum absolute atomic E-state index is 0.000764. The van der Waals surface area contributed by atoms with E-state index in [1.165, 1.54) is 0 Å². The molecule has 0 heterocycles. The van der Waals surface area contributed by atoms with Gasteiger partial charge in [0.1, 0.15) is 0 Å². The van der Waals surface area contributed by atoms with E-state index in [1.807, 2.05) is 0 Å². The molecular weight excluding hydrogens is 114 g/mol. The van der Waals surface area contributed by atoms with Gasteiger partial charge in [0.2, 0.25) is 0 Å². The number of hydrogen-bond donors (Lipinski definition) is 2. The van der Waals surface area contributed by atoms with Crippen molar-refractivity contribution in [3.8, 4) is 0 Å². The summed E-state index contributed by atoms with van der Waals surface area (Å²) >= 11 is 0. The highest BCUT2D eigenvalue weighted by Gasteiger charge is 2.25. The van der Waals surface area contributed by atoms with E-state index in [-0.39, 0.29) is 11.6 Å². The van der Waals surface area contributed by atoms with Crippen molar-refractivity contribution >= 4 is 0 Å². The molecule has 1 rings (SSSR count). The summed E-state index contributed by atoms with van der Waals surface area (Å²) in [5.74, 6) is 0. The summed E-state index contributed by atoms with van der Waals surface area (Å²) in [5.41, 5.74) is 5.83. The molecule has 0 amide bonds. The van der Waals surface area contributed by atoms with Gasteiger partial charge in [-0.05, 0) is 32.6 Å². The zero-order valence-corrected chi connectivity index (χ0v) is 5.93. The summed E-state index contributed by atoms with van der Waals surface area (Å²) in [4.78, 5) is 0. The van der Waals surface area contributed by atoms with Crippen molar-refractivity contribution in [3.05, 3.63) is 0 Å². The van der Waals surface area contributed by atoms with Gasteiger partial charge in [-0.15, -0.1) is 0 Å². The minimum Gasteiger partial charge on any atom is -0.393 e. The molecule has 0 atom stereocenters. The standard InChI is InChI=1S/C7H15NO/c1-7(8)4-2-6(9)3-5-7/h6,9H,2-5,8H2,1H3/t6-,7-. The van der Waals surface area contributed by atoms with Crippen LogP contribution in [0.4, 0.5) is 0 Å². The molecule has 0 bridgehead atoms. The summed E-state index contributed by atoms with van der Waals surface area (Å²) in [7, 11) is 0. The van der Waals surface area contributed by atoms with Gasteiger partial charge >= 0.3 is 0 Å². The second kappa shape index (κ2) is 2.27. The molecule has 1 aliphatic rings. The maximum atomic E-state index is 9.09. The molecule has 2 heteroatoms. The number of aliphatic hydroxyl groups is 1. The fourth-order valence-electron chi connectivity index (χ4n) is 1.26. The predicted molar refractivity (Wildman–Crippen MR) is 37.1 cm³/mol. The van der Waals surface area contributed by atoms with E-state index < -0.39 is 0 Å². The van der Waals surface area contributed by atoms with Crippen LogP contribution in [0, 0.1) is 0 Å². The van der Waals surface area contributed by atoms with Gasteiger partial charge in [0.25, 0.3) is 0 Å². The quantitative estimate of drug-likeness (QED) is 0.504. The van der Waals surface area contributed by atoms with E-state index in [2.05, 4.69) is 6.92 Å². The molecule has 0 unspecified atom stereocenters. The Balaban J connectivity index is 2.35. The Morgan fingerprint density at radius 1 is 1.44 bits per heavy atom. The van der Waals surface area contributed by atoms with Gasteiger partial charge in [-0.3, -0.25) is 0 Å². The van der Waals surface area contributed by atoms with E-state index in [0.29, 0.717) is 0 Å². The Labute approximate surface area is 56.1 Å². The van der Waals surface area contributed by atoms with Crippen molar-refractivity contribution in [2.45, 2.75) is 44.2 Å². The molecule has 9 heavy (non-hydrogen) atoms. The maximum Gasteiger partial charge on any atom is 0.0541 e. The van der Waals surface area contributed by atoms with Crippen LogP contribution >= 0.6 is 0 Å². The van der Waals surface area contributed by atoms with Gasteiger partial charge in [0.05, 0.1) is 6.10 Å². The third-order valence-electron chi connectivity index (χ3n) is 2.10. The summed E-state index contributed by atoms with van der Waals surface area (Å²) in [5, 5.41) is 9.09. The Kier molecular flexibility index (Phi) is 1.78. The van der Waals surface area contributed by atoms with Crippen molar-refractivity contribution in [2.24, 2.45) is 5.73 Å². The molecule has 1 saturated carbocycles. The topological polar surface area (TPSA) is 46.2 Å². The number of aliphatic hydroxyl groups excluding tert-OH is 1. The molecular formula is C7H15NO. The molecule has 1 aliphatic carbocycles. The molecule has 2 nitrogen and oxygen atoms in total. The van der Waals surface area contributed by atoms with Gasteiger partial charge < -0.3 is 10.8 Å². The third-order valence-corrected chi connectivity index (χ3v) is 2.10. The van der Waals surface area contributed by atoms with E-state index in [4.69, 9.17) is 10.8 Å². The predicted octanol–water partition coefficient (Wildman–Crippen LogP) is 0.639. The molecule has 0 spiro atoms. The summed E-state index contributed by atoms with van der Waals surface area (Å²) in [6, 6.07) is 0. The highest BCUT2D eigenvalue weighted by molar-refractivity contribution is 4.85. The molecule has 0 aliphatic heterocycles. The molecule has 54 valence electrons. The van der Waals surface area contributed by atoms with Gasteiger partial charge in [-0.1, -0.05) is 0 Å². The fourth-order valence-corrected chi connectivity index (χ4v) is 1.26. The highest BCUT2D eigenvalue weighted by atomic mass is 16.3. The molecule has 1 fully saturated rings. The van der Waals surface area contributed by atoms with Crippen LogP contribution < -0.4 is 5.73 Å². The van der Waals surface area contributed by atoms with Crippen LogP contribution in [0.1, 0.15) is 32.6 Å². The third kappa shape index (κ3) is 1.95. The Hall–Kier alpha value is -0.0800. The van der Waals surface area contributed by atoms with Crippen LogP contribution in [0.3, 0.4) is 0 Å². The van der Waals surface area contributed by atoms with Gasteiger partial charge in [-0.2, -0.15) is 0 Å². The minimum atomic E-state index is -0.0818. The van der Waals surface area contributed by atoms with E-state index >= 15 is 0 Å². The van der Waals surface area contributed by atoms with Gasteiger partial charge in [-0.25, -0.2) is 0 Å². The van der Waals surface area contributed by atoms with E-state index in [0.717, 1.165) is 25.7 Å². The molecule has 0 aromatic carbocycles. The monoisotopic (exact) mass is 129 g/mol. The Bertz CT molecular complexity index is 91.1. The van der Waals surface area contributed by atoms with Gasteiger partial charge in [0, 0.05) is 5.54 Å². The van der Waals surface area contributed by atoms with Crippen LogP contribution in [-0.4, -0.2) is 16.7 Å². The summed E-state index contributed by atoms with van der Waals surface area (Å²) < 4.78 is 0. The lowest BCUT2D eigenvalue weighted by Gasteiger charge is -2.31.